The number of halogens is 3. The van der Waals surface area contributed by atoms with E-state index in [1.165, 1.54) is 12.1 Å². The van der Waals surface area contributed by atoms with Gasteiger partial charge < -0.3 is 15.4 Å². The monoisotopic (exact) mass is 405 g/mol. The predicted molar refractivity (Wildman–Crippen MR) is 106 cm³/mol. The van der Waals surface area contributed by atoms with Gasteiger partial charge in [-0.05, 0) is 60.7 Å². The number of pyridine rings is 1. The summed E-state index contributed by atoms with van der Waals surface area (Å²) in [4.78, 5) is 4.18. The number of aromatic nitrogens is 1. The molecule has 0 unspecified atom stereocenters. The SMILES string of the molecule is Fc1ccc(COc2cccnc2NC(=S)Nc2ccc(Cl)cc2)c(F)c1. The minimum absolute atomic E-state index is 0.0795. The first-order valence-corrected chi connectivity index (χ1v) is 8.65. The molecule has 4 nitrogen and oxygen atoms in total. The summed E-state index contributed by atoms with van der Waals surface area (Å²) in [6.45, 7) is -0.0795. The largest absolute Gasteiger partial charge is 0.485 e. The van der Waals surface area contributed by atoms with Crippen LogP contribution in [0.5, 0.6) is 5.75 Å². The zero-order chi connectivity index (χ0) is 19.2. The van der Waals surface area contributed by atoms with Crippen molar-refractivity contribution >= 4 is 40.4 Å². The molecule has 0 spiro atoms. The molecule has 2 N–H and O–H groups in total. The maximum atomic E-state index is 13.7. The number of hydrogen-bond donors (Lipinski definition) is 2. The summed E-state index contributed by atoms with van der Waals surface area (Å²) >= 11 is 11.1. The van der Waals surface area contributed by atoms with Gasteiger partial charge >= 0.3 is 0 Å². The minimum Gasteiger partial charge on any atom is -0.485 e. The Morgan fingerprint density at radius 1 is 1.07 bits per heavy atom. The topological polar surface area (TPSA) is 46.2 Å². The standard InChI is InChI=1S/C19H14ClF2N3OS/c20-13-4-7-15(8-5-13)24-19(27)25-18-17(2-1-9-23-18)26-11-12-3-6-14(21)10-16(12)22/h1-10H,11H2,(H2,23,24,25,27). The number of rotatable bonds is 5. The number of ether oxygens (including phenoxy) is 1. The van der Waals surface area contributed by atoms with Crippen molar-refractivity contribution < 1.29 is 13.5 Å². The van der Waals surface area contributed by atoms with Crippen molar-refractivity contribution in [2.75, 3.05) is 10.6 Å². The second kappa shape index (κ2) is 8.75. The van der Waals surface area contributed by atoms with E-state index in [2.05, 4.69) is 15.6 Å². The van der Waals surface area contributed by atoms with Crippen LogP contribution in [0, 0.1) is 11.6 Å². The van der Waals surface area contributed by atoms with Crippen molar-refractivity contribution in [1.29, 1.82) is 0 Å². The van der Waals surface area contributed by atoms with Crippen molar-refractivity contribution in [3.8, 4) is 5.75 Å². The van der Waals surface area contributed by atoms with Crippen molar-refractivity contribution in [3.63, 3.8) is 0 Å². The van der Waals surface area contributed by atoms with Gasteiger partial charge in [-0.15, -0.1) is 0 Å². The number of hydrogen-bond acceptors (Lipinski definition) is 3. The van der Waals surface area contributed by atoms with Crippen LogP contribution in [0.4, 0.5) is 20.3 Å². The fourth-order valence-corrected chi connectivity index (χ4v) is 2.54. The van der Waals surface area contributed by atoms with E-state index in [0.29, 0.717) is 21.7 Å². The number of nitrogens with zero attached hydrogens (tertiary/aromatic N) is 1. The molecule has 1 aromatic heterocycles. The molecule has 0 bridgehead atoms. The average molecular weight is 406 g/mol. The summed E-state index contributed by atoms with van der Waals surface area (Å²) in [5.74, 6) is -0.570. The zero-order valence-electron chi connectivity index (χ0n) is 13.9. The number of anilines is 2. The molecular formula is C19H14ClF2N3OS. The van der Waals surface area contributed by atoms with Gasteiger partial charge in [0.1, 0.15) is 18.2 Å². The van der Waals surface area contributed by atoms with Gasteiger partial charge in [-0.3, -0.25) is 0 Å². The maximum absolute atomic E-state index is 13.7. The van der Waals surface area contributed by atoms with Crippen LogP contribution < -0.4 is 15.4 Å². The van der Waals surface area contributed by atoms with Gasteiger partial charge in [-0.1, -0.05) is 11.6 Å². The lowest BCUT2D eigenvalue weighted by Crippen LogP contribution is -2.20. The highest BCUT2D eigenvalue weighted by atomic mass is 35.5. The van der Waals surface area contributed by atoms with E-state index >= 15 is 0 Å². The molecular weight excluding hydrogens is 392 g/mol. The summed E-state index contributed by atoms with van der Waals surface area (Å²) in [6, 6.07) is 13.7. The number of thiocarbonyl (C=S) groups is 1. The Morgan fingerprint density at radius 2 is 1.85 bits per heavy atom. The van der Waals surface area contributed by atoms with Crippen LogP contribution in [0.1, 0.15) is 5.56 Å². The summed E-state index contributed by atoms with van der Waals surface area (Å²) in [5, 5.41) is 6.85. The van der Waals surface area contributed by atoms with Crippen LogP contribution in [0.3, 0.4) is 0 Å². The normalized spacial score (nSPS) is 10.3. The molecule has 138 valence electrons. The molecule has 3 aromatic rings. The second-order valence-corrected chi connectivity index (χ2v) is 6.31. The second-order valence-electron chi connectivity index (χ2n) is 5.46. The van der Waals surface area contributed by atoms with Gasteiger partial charge in [0.05, 0.1) is 0 Å². The average Bonchev–Trinajstić information content (AvgIpc) is 2.64. The van der Waals surface area contributed by atoms with Gasteiger partial charge in [0.15, 0.2) is 16.7 Å². The van der Waals surface area contributed by atoms with E-state index in [1.54, 1.807) is 42.6 Å². The lowest BCUT2D eigenvalue weighted by Gasteiger charge is -2.14. The molecule has 0 atom stereocenters. The van der Waals surface area contributed by atoms with E-state index in [1.807, 2.05) is 0 Å². The molecule has 0 aliphatic carbocycles. The smallest absolute Gasteiger partial charge is 0.176 e. The lowest BCUT2D eigenvalue weighted by molar-refractivity contribution is 0.300. The maximum Gasteiger partial charge on any atom is 0.176 e. The fourth-order valence-electron chi connectivity index (χ4n) is 2.20. The number of benzene rings is 2. The van der Waals surface area contributed by atoms with Crippen LogP contribution in [-0.2, 0) is 6.61 Å². The van der Waals surface area contributed by atoms with Crippen molar-refractivity contribution in [2.45, 2.75) is 6.61 Å². The minimum atomic E-state index is -0.673. The van der Waals surface area contributed by atoms with Crippen LogP contribution in [-0.4, -0.2) is 10.1 Å². The molecule has 8 heteroatoms. The van der Waals surface area contributed by atoms with Crippen molar-refractivity contribution in [1.82, 2.24) is 4.98 Å². The van der Waals surface area contributed by atoms with Gasteiger partial charge in [0.25, 0.3) is 0 Å². The zero-order valence-corrected chi connectivity index (χ0v) is 15.5. The molecule has 0 fully saturated rings. The fraction of sp³-hybridized carbons (Fsp3) is 0.0526. The van der Waals surface area contributed by atoms with E-state index in [-0.39, 0.29) is 12.2 Å². The van der Waals surface area contributed by atoms with Crippen molar-refractivity contribution in [2.24, 2.45) is 0 Å². The van der Waals surface area contributed by atoms with Gasteiger partial charge in [-0.2, -0.15) is 0 Å². The highest BCUT2D eigenvalue weighted by Gasteiger charge is 2.10. The summed E-state index contributed by atoms with van der Waals surface area (Å²) in [7, 11) is 0. The molecule has 0 saturated carbocycles. The van der Waals surface area contributed by atoms with Gasteiger partial charge in [-0.25, -0.2) is 13.8 Å². The van der Waals surface area contributed by atoms with E-state index in [9.17, 15) is 8.78 Å². The third-order valence-electron chi connectivity index (χ3n) is 3.50. The van der Waals surface area contributed by atoms with E-state index < -0.39 is 11.6 Å². The van der Waals surface area contributed by atoms with E-state index in [4.69, 9.17) is 28.6 Å². The first kappa shape index (κ1) is 19.0. The molecule has 27 heavy (non-hydrogen) atoms. The summed E-state index contributed by atoms with van der Waals surface area (Å²) < 4.78 is 32.4. The molecule has 0 amide bonds. The highest BCUT2D eigenvalue weighted by Crippen LogP contribution is 2.23. The third-order valence-corrected chi connectivity index (χ3v) is 3.96. The Balaban J connectivity index is 1.66. The van der Waals surface area contributed by atoms with Crippen LogP contribution >= 0.6 is 23.8 Å². The Hall–Kier alpha value is -2.77. The van der Waals surface area contributed by atoms with Crippen molar-refractivity contribution in [3.05, 3.63) is 83.0 Å². The Labute approximate surface area is 165 Å². The molecule has 0 aliphatic rings. The van der Waals surface area contributed by atoms with Gasteiger partial charge in [0.2, 0.25) is 0 Å². The highest BCUT2D eigenvalue weighted by molar-refractivity contribution is 7.80. The summed E-state index contributed by atoms with van der Waals surface area (Å²) in [6.07, 6.45) is 1.57. The first-order valence-electron chi connectivity index (χ1n) is 7.86. The molecule has 3 rings (SSSR count). The van der Waals surface area contributed by atoms with E-state index in [0.717, 1.165) is 11.8 Å². The third kappa shape index (κ3) is 5.35. The van der Waals surface area contributed by atoms with Crippen LogP contribution in [0.15, 0.2) is 60.8 Å². The molecule has 1 heterocycles. The Morgan fingerprint density at radius 3 is 2.59 bits per heavy atom. The quantitative estimate of drug-likeness (QED) is 0.556. The van der Waals surface area contributed by atoms with Crippen LogP contribution in [0.2, 0.25) is 5.02 Å². The predicted octanol–water partition coefficient (Wildman–Crippen LogP) is 5.40. The molecule has 2 aromatic carbocycles. The Bertz CT molecular complexity index is 954. The first-order chi connectivity index (χ1) is 13.0. The van der Waals surface area contributed by atoms with Gasteiger partial charge in [0, 0.05) is 28.5 Å². The molecule has 0 radical (unpaired) electrons. The lowest BCUT2D eigenvalue weighted by atomic mass is 10.2. The number of nitrogens with one attached hydrogen (secondary N) is 2. The van der Waals surface area contributed by atoms with Crippen LogP contribution in [0.25, 0.3) is 0 Å². The molecule has 0 saturated heterocycles. The Kier molecular flexibility index (Phi) is 6.16. The molecule has 0 aliphatic heterocycles. The summed E-state index contributed by atoms with van der Waals surface area (Å²) in [5.41, 5.74) is 0.983.